The van der Waals surface area contributed by atoms with Crippen molar-refractivity contribution in [3.63, 3.8) is 0 Å². The summed E-state index contributed by atoms with van der Waals surface area (Å²) in [6.45, 7) is 9.52. The summed E-state index contributed by atoms with van der Waals surface area (Å²) in [5.74, 6) is 0.796. The quantitative estimate of drug-likeness (QED) is 0.663. The van der Waals surface area contributed by atoms with Gasteiger partial charge in [-0.05, 0) is 19.3 Å². The zero-order chi connectivity index (χ0) is 8.72. The van der Waals surface area contributed by atoms with Crippen molar-refractivity contribution in [1.82, 2.24) is 10.2 Å². The fraction of sp³-hybridized carbons (Fsp3) is 1.00. The highest BCUT2D eigenvalue weighted by Gasteiger charge is 2.39. The Kier molecular flexibility index (Phi) is 2.13. The molecular formula is C10H20N2. The zero-order valence-corrected chi connectivity index (χ0v) is 8.38. The largest absolute Gasteiger partial charge is 0.311 e. The van der Waals surface area contributed by atoms with E-state index in [9.17, 15) is 0 Å². The van der Waals surface area contributed by atoms with E-state index in [1.54, 1.807) is 0 Å². The van der Waals surface area contributed by atoms with E-state index in [0.29, 0.717) is 0 Å². The first-order valence-corrected chi connectivity index (χ1v) is 5.17. The van der Waals surface area contributed by atoms with Crippen molar-refractivity contribution in [2.45, 2.75) is 45.3 Å². The summed E-state index contributed by atoms with van der Waals surface area (Å²) in [7, 11) is 0. The minimum Gasteiger partial charge on any atom is -0.311 e. The van der Waals surface area contributed by atoms with Gasteiger partial charge >= 0.3 is 0 Å². The summed E-state index contributed by atoms with van der Waals surface area (Å²) in [4.78, 5) is 2.69. The molecule has 3 atom stereocenters. The first-order valence-electron chi connectivity index (χ1n) is 5.17. The molecule has 0 aromatic heterocycles. The minimum absolute atomic E-state index is 0.766. The Hall–Kier alpha value is -0.0800. The van der Waals surface area contributed by atoms with Crippen LogP contribution in [-0.4, -0.2) is 36.1 Å². The normalized spacial score (nSPS) is 38.0. The van der Waals surface area contributed by atoms with E-state index >= 15 is 0 Å². The molecule has 12 heavy (non-hydrogen) atoms. The molecule has 1 N–H and O–H groups in total. The maximum atomic E-state index is 3.54. The lowest BCUT2D eigenvalue weighted by molar-refractivity contribution is 0.136. The Bertz CT molecular complexity index is 167. The summed E-state index contributed by atoms with van der Waals surface area (Å²) in [5.41, 5.74) is 0. The van der Waals surface area contributed by atoms with Gasteiger partial charge in [-0.2, -0.15) is 0 Å². The molecule has 0 spiro atoms. The number of nitrogens with one attached hydrogen (secondary N) is 1. The van der Waals surface area contributed by atoms with Crippen LogP contribution in [-0.2, 0) is 0 Å². The van der Waals surface area contributed by atoms with E-state index in [4.69, 9.17) is 0 Å². The Balaban J connectivity index is 1.97. The van der Waals surface area contributed by atoms with Crippen LogP contribution in [0.3, 0.4) is 0 Å². The Labute approximate surface area is 75.3 Å². The summed E-state index contributed by atoms with van der Waals surface area (Å²) < 4.78 is 0. The van der Waals surface area contributed by atoms with Crippen molar-refractivity contribution < 1.29 is 0 Å². The molecule has 0 aromatic carbocycles. The molecule has 0 radical (unpaired) electrons. The molecule has 3 unspecified atom stereocenters. The molecule has 2 heteroatoms. The number of likely N-dealkylation sites (tertiary alicyclic amines) is 1. The van der Waals surface area contributed by atoms with Crippen LogP contribution in [0.25, 0.3) is 0 Å². The van der Waals surface area contributed by atoms with E-state index in [2.05, 4.69) is 31.0 Å². The summed E-state index contributed by atoms with van der Waals surface area (Å²) in [6, 6.07) is 2.41. The molecule has 2 aliphatic heterocycles. The van der Waals surface area contributed by atoms with Gasteiger partial charge in [-0.1, -0.05) is 13.8 Å². The number of hydrogen-bond donors (Lipinski definition) is 1. The van der Waals surface area contributed by atoms with Crippen molar-refractivity contribution in [2.75, 3.05) is 13.1 Å². The van der Waals surface area contributed by atoms with Gasteiger partial charge < -0.3 is 5.32 Å². The van der Waals surface area contributed by atoms with Gasteiger partial charge in [0.25, 0.3) is 0 Å². The van der Waals surface area contributed by atoms with Gasteiger partial charge in [0.05, 0.1) is 0 Å². The predicted octanol–water partition coefficient (Wildman–Crippen LogP) is 1.08. The monoisotopic (exact) mass is 168 g/mol. The highest BCUT2D eigenvalue weighted by molar-refractivity contribution is 4.99. The van der Waals surface area contributed by atoms with Crippen molar-refractivity contribution in [3.8, 4) is 0 Å². The molecule has 2 rings (SSSR count). The zero-order valence-electron chi connectivity index (χ0n) is 8.38. The molecule has 2 aliphatic rings. The van der Waals surface area contributed by atoms with Crippen molar-refractivity contribution >= 4 is 0 Å². The molecule has 2 heterocycles. The molecule has 0 amide bonds. The SMILES string of the molecule is CC(C)C(C)N1CC2CC1CN2. The Morgan fingerprint density at radius 1 is 1.33 bits per heavy atom. The van der Waals surface area contributed by atoms with Gasteiger partial charge in [-0.25, -0.2) is 0 Å². The average Bonchev–Trinajstić information content (AvgIpc) is 2.62. The van der Waals surface area contributed by atoms with Crippen LogP contribution in [0.1, 0.15) is 27.2 Å². The second-order valence-corrected chi connectivity index (χ2v) is 4.68. The van der Waals surface area contributed by atoms with Gasteiger partial charge in [0.15, 0.2) is 0 Å². The standard InChI is InChI=1S/C10H20N2/c1-7(2)8(3)12-6-9-4-10(12)5-11-9/h7-11H,4-6H2,1-3H3. The van der Waals surface area contributed by atoms with Crippen LogP contribution in [0.4, 0.5) is 0 Å². The molecule has 0 aliphatic carbocycles. The van der Waals surface area contributed by atoms with Crippen LogP contribution in [0.2, 0.25) is 0 Å². The fourth-order valence-electron chi connectivity index (χ4n) is 2.47. The van der Waals surface area contributed by atoms with Crippen LogP contribution < -0.4 is 5.32 Å². The Morgan fingerprint density at radius 2 is 2.08 bits per heavy atom. The number of fused-ring (bicyclic) bond motifs is 2. The number of hydrogen-bond acceptors (Lipinski definition) is 2. The number of piperazine rings is 1. The smallest absolute Gasteiger partial charge is 0.0239 e. The van der Waals surface area contributed by atoms with E-state index in [1.165, 1.54) is 19.5 Å². The van der Waals surface area contributed by atoms with Crippen molar-refractivity contribution in [3.05, 3.63) is 0 Å². The lowest BCUT2D eigenvalue weighted by Crippen LogP contribution is -2.49. The average molecular weight is 168 g/mol. The highest BCUT2D eigenvalue weighted by atomic mass is 15.3. The molecular weight excluding hydrogens is 148 g/mol. The highest BCUT2D eigenvalue weighted by Crippen LogP contribution is 2.27. The van der Waals surface area contributed by atoms with Gasteiger partial charge in [0.1, 0.15) is 0 Å². The van der Waals surface area contributed by atoms with E-state index in [0.717, 1.165) is 24.0 Å². The topological polar surface area (TPSA) is 15.3 Å². The molecule has 2 saturated heterocycles. The van der Waals surface area contributed by atoms with Gasteiger partial charge in [0, 0.05) is 31.2 Å². The second-order valence-electron chi connectivity index (χ2n) is 4.68. The molecule has 2 fully saturated rings. The Morgan fingerprint density at radius 3 is 2.50 bits per heavy atom. The van der Waals surface area contributed by atoms with Crippen LogP contribution >= 0.6 is 0 Å². The molecule has 0 aromatic rings. The first-order chi connectivity index (χ1) is 5.68. The van der Waals surface area contributed by atoms with Crippen molar-refractivity contribution in [2.24, 2.45) is 5.92 Å². The van der Waals surface area contributed by atoms with E-state index in [-0.39, 0.29) is 0 Å². The lowest BCUT2D eigenvalue weighted by atomic mass is 10.0. The third-order valence-electron chi connectivity index (χ3n) is 3.59. The number of rotatable bonds is 2. The number of nitrogens with zero attached hydrogens (tertiary/aromatic N) is 1. The predicted molar refractivity (Wildman–Crippen MR) is 51.2 cm³/mol. The summed E-state index contributed by atoms with van der Waals surface area (Å²) >= 11 is 0. The first kappa shape index (κ1) is 8.52. The summed E-state index contributed by atoms with van der Waals surface area (Å²) in [6.07, 6.45) is 1.39. The maximum Gasteiger partial charge on any atom is 0.0239 e. The van der Waals surface area contributed by atoms with Crippen molar-refractivity contribution in [1.29, 1.82) is 0 Å². The third kappa shape index (κ3) is 1.27. The minimum atomic E-state index is 0.766. The maximum absolute atomic E-state index is 3.54. The van der Waals surface area contributed by atoms with Gasteiger partial charge in [-0.15, -0.1) is 0 Å². The second kappa shape index (κ2) is 3.00. The molecule has 2 bridgehead atoms. The van der Waals surface area contributed by atoms with Crippen LogP contribution in [0.15, 0.2) is 0 Å². The van der Waals surface area contributed by atoms with Gasteiger partial charge in [0.2, 0.25) is 0 Å². The lowest BCUT2D eigenvalue weighted by Gasteiger charge is -2.35. The van der Waals surface area contributed by atoms with Crippen LogP contribution in [0, 0.1) is 5.92 Å². The van der Waals surface area contributed by atoms with E-state index in [1.807, 2.05) is 0 Å². The molecule has 70 valence electrons. The molecule has 0 saturated carbocycles. The fourth-order valence-corrected chi connectivity index (χ4v) is 2.47. The van der Waals surface area contributed by atoms with E-state index < -0.39 is 0 Å². The van der Waals surface area contributed by atoms with Crippen LogP contribution in [0.5, 0.6) is 0 Å². The molecule has 2 nitrogen and oxygen atoms in total. The van der Waals surface area contributed by atoms with Gasteiger partial charge in [-0.3, -0.25) is 4.90 Å². The third-order valence-corrected chi connectivity index (χ3v) is 3.59. The summed E-state index contributed by atoms with van der Waals surface area (Å²) in [5, 5.41) is 3.54.